The Morgan fingerprint density at radius 2 is 1.39 bits per heavy atom. The quantitative estimate of drug-likeness (QED) is 0.181. The third-order valence-corrected chi connectivity index (χ3v) is 7.19. The molecule has 2 amide bonds. The number of para-hydroxylation sites is 3. The summed E-state index contributed by atoms with van der Waals surface area (Å²) in [6.07, 6.45) is -1.06. The fourth-order valence-electron chi connectivity index (χ4n) is 5.29. The summed E-state index contributed by atoms with van der Waals surface area (Å²) in [7, 11) is 2.95. The van der Waals surface area contributed by atoms with Gasteiger partial charge >= 0.3 is 5.97 Å². The zero-order chi connectivity index (χ0) is 28.5. The van der Waals surface area contributed by atoms with Gasteiger partial charge in [-0.15, -0.1) is 0 Å². The van der Waals surface area contributed by atoms with Crippen molar-refractivity contribution < 1.29 is 33.4 Å². The number of amides is 2. The van der Waals surface area contributed by atoms with Crippen LogP contribution in [0.2, 0.25) is 0 Å². The number of fused-ring (bicyclic) bond motifs is 1. The molecule has 0 unspecified atom stereocenters. The molecule has 6 rings (SSSR count). The highest BCUT2D eigenvalue weighted by molar-refractivity contribution is 6.24. The fraction of sp³-hybridized carbons (Fsp3) is 0.156. The number of hydrogen-bond donors (Lipinski definition) is 0. The van der Waals surface area contributed by atoms with Crippen molar-refractivity contribution >= 4 is 29.2 Å². The minimum absolute atomic E-state index is 0.219. The van der Waals surface area contributed by atoms with E-state index in [1.807, 2.05) is 36.4 Å². The molecule has 2 aliphatic rings. The second-order valence-electron chi connectivity index (χ2n) is 9.51. The predicted molar refractivity (Wildman–Crippen MR) is 150 cm³/mol. The number of anilines is 2. The van der Waals surface area contributed by atoms with E-state index in [2.05, 4.69) is 0 Å². The number of hydrogen-bond acceptors (Lipinski definition) is 8. The molecular formula is C32H26N2O7. The Hall–Kier alpha value is -5.15. The van der Waals surface area contributed by atoms with Crippen LogP contribution in [0.25, 0.3) is 0 Å². The van der Waals surface area contributed by atoms with Gasteiger partial charge in [0.15, 0.2) is 17.6 Å². The minimum atomic E-state index is -1.06. The van der Waals surface area contributed by atoms with Crippen LogP contribution < -0.4 is 24.2 Å². The van der Waals surface area contributed by atoms with Gasteiger partial charge < -0.3 is 14.2 Å². The lowest BCUT2D eigenvalue weighted by Gasteiger charge is -2.29. The number of imide groups is 1. The van der Waals surface area contributed by atoms with E-state index in [9.17, 15) is 14.4 Å². The van der Waals surface area contributed by atoms with E-state index in [4.69, 9.17) is 19.0 Å². The average molecular weight is 551 g/mol. The van der Waals surface area contributed by atoms with Crippen LogP contribution in [0.15, 0.2) is 103 Å². The van der Waals surface area contributed by atoms with Gasteiger partial charge in [0.2, 0.25) is 5.91 Å². The Balaban J connectivity index is 1.39. The molecule has 0 saturated carbocycles. The van der Waals surface area contributed by atoms with Gasteiger partial charge in [0, 0.05) is 0 Å². The third kappa shape index (κ3) is 4.56. The number of esters is 1. The zero-order valence-corrected chi connectivity index (χ0v) is 22.3. The van der Waals surface area contributed by atoms with Crippen molar-refractivity contribution in [1.29, 1.82) is 0 Å². The van der Waals surface area contributed by atoms with Crippen LogP contribution in [-0.2, 0) is 14.4 Å². The molecule has 2 saturated heterocycles. The molecule has 206 valence electrons. The summed E-state index contributed by atoms with van der Waals surface area (Å²) in [5.41, 5.74) is 2.07. The monoisotopic (exact) mass is 550 g/mol. The molecule has 4 aromatic carbocycles. The van der Waals surface area contributed by atoms with Crippen molar-refractivity contribution in [1.82, 2.24) is 0 Å². The molecule has 0 N–H and O–H groups in total. The molecule has 0 radical (unpaired) electrons. The summed E-state index contributed by atoms with van der Waals surface area (Å²) in [6, 6.07) is 29.1. The van der Waals surface area contributed by atoms with Crippen molar-refractivity contribution in [3.63, 3.8) is 0 Å². The van der Waals surface area contributed by atoms with Crippen LogP contribution in [0.1, 0.15) is 22.0 Å². The van der Waals surface area contributed by atoms with Crippen LogP contribution in [0.3, 0.4) is 0 Å². The lowest BCUT2D eigenvalue weighted by Crippen LogP contribution is -2.37. The number of carbonyl (C=O) groups excluding carboxylic acids is 3. The fourth-order valence-corrected chi connectivity index (χ4v) is 5.29. The first-order valence-corrected chi connectivity index (χ1v) is 13.0. The van der Waals surface area contributed by atoms with Gasteiger partial charge in [-0.3, -0.25) is 14.4 Å². The molecular weight excluding hydrogens is 524 g/mol. The number of carbonyl (C=O) groups is 3. The van der Waals surface area contributed by atoms with Crippen molar-refractivity contribution in [3.8, 4) is 17.2 Å². The zero-order valence-electron chi connectivity index (χ0n) is 22.3. The predicted octanol–water partition coefficient (Wildman–Crippen LogP) is 4.97. The lowest BCUT2D eigenvalue weighted by atomic mass is 9.90. The second-order valence-corrected chi connectivity index (χ2v) is 9.51. The first-order chi connectivity index (χ1) is 20.0. The molecule has 0 aromatic heterocycles. The number of ether oxygens (including phenoxy) is 3. The topological polar surface area (TPSA) is 94.6 Å². The van der Waals surface area contributed by atoms with E-state index < -0.39 is 35.8 Å². The molecule has 0 bridgehead atoms. The second kappa shape index (κ2) is 10.8. The number of hydroxylamine groups is 1. The highest BCUT2D eigenvalue weighted by Crippen LogP contribution is 2.49. The van der Waals surface area contributed by atoms with Crippen molar-refractivity contribution in [2.24, 2.45) is 5.92 Å². The largest absolute Gasteiger partial charge is 0.495 e. The van der Waals surface area contributed by atoms with Gasteiger partial charge in [0.1, 0.15) is 11.7 Å². The Morgan fingerprint density at radius 1 is 0.732 bits per heavy atom. The summed E-state index contributed by atoms with van der Waals surface area (Å²) in [5.74, 6) is -1.37. The first-order valence-electron chi connectivity index (χ1n) is 13.0. The van der Waals surface area contributed by atoms with Crippen LogP contribution in [0.5, 0.6) is 17.2 Å². The summed E-state index contributed by atoms with van der Waals surface area (Å²) >= 11 is 0. The third-order valence-electron chi connectivity index (χ3n) is 7.19. The lowest BCUT2D eigenvalue weighted by molar-refractivity contribution is -0.126. The summed E-state index contributed by atoms with van der Waals surface area (Å²) in [6.45, 7) is 0. The standard InChI is InChI=1S/C32H26N2O7/c1-38-24-16-10-9-15-23(24)33-30(35)27-28(34(41-29(27)31(33)36)22-13-7-4-8-14-22)21-17-18-25(26(19-21)39-2)40-32(37)20-11-5-3-6-12-20/h3-19,27-29H,1-2H3/t27-,28-,29+/m1/s1. The summed E-state index contributed by atoms with van der Waals surface area (Å²) in [4.78, 5) is 47.7. The molecule has 9 heteroatoms. The van der Waals surface area contributed by atoms with Gasteiger partial charge in [0.05, 0.1) is 37.2 Å². The highest BCUT2D eigenvalue weighted by Gasteiger charge is 2.60. The maximum absolute atomic E-state index is 14.0. The molecule has 2 heterocycles. The normalized spacial score (nSPS) is 19.7. The molecule has 41 heavy (non-hydrogen) atoms. The van der Waals surface area contributed by atoms with Crippen LogP contribution in [0.4, 0.5) is 11.4 Å². The Bertz CT molecular complexity index is 1610. The van der Waals surface area contributed by atoms with E-state index in [0.717, 1.165) is 4.90 Å². The Morgan fingerprint density at radius 3 is 2.10 bits per heavy atom. The molecule has 0 aliphatic carbocycles. The molecule has 3 atom stereocenters. The average Bonchev–Trinajstić information content (AvgIpc) is 3.53. The Kier molecular flexibility index (Phi) is 6.86. The molecule has 2 aliphatic heterocycles. The van der Waals surface area contributed by atoms with Crippen molar-refractivity contribution in [3.05, 3.63) is 114 Å². The number of rotatable bonds is 7. The maximum atomic E-state index is 14.0. The van der Waals surface area contributed by atoms with Gasteiger partial charge in [-0.25, -0.2) is 14.8 Å². The van der Waals surface area contributed by atoms with E-state index in [1.54, 1.807) is 71.8 Å². The Labute approximate surface area is 236 Å². The summed E-state index contributed by atoms with van der Waals surface area (Å²) in [5, 5.41) is 1.59. The van der Waals surface area contributed by atoms with E-state index in [-0.39, 0.29) is 5.75 Å². The van der Waals surface area contributed by atoms with E-state index in [0.29, 0.717) is 34.0 Å². The molecule has 0 spiro atoms. The number of methoxy groups -OCH3 is 2. The molecule has 4 aromatic rings. The van der Waals surface area contributed by atoms with E-state index in [1.165, 1.54) is 14.2 Å². The number of benzene rings is 4. The van der Waals surface area contributed by atoms with Crippen molar-refractivity contribution in [2.45, 2.75) is 12.1 Å². The minimum Gasteiger partial charge on any atom is -0.495 e. The van der Waals surface area contributed by atoms with Gasteiger partial charge in [0.25, 0.3) is 5.91 Å². The van der Waals surface area contributed by atoms with Crippen LogP contribution in [0, 0.1) is 5.92 Å². The smallest absolute Gasteiger partial charge is 0.343 e. The molecule has 9 nitrogen and oxygen atoms in total. The van der Waals surface area contributed by atoms with Crippen LogP contribution in [-0.4, -0.2) is 38.1 Å². The maximum Gasteiger partial charge on any atom is 0.343 e. The van der Waals surface area contributed by atoms with Crippen molar-refractivity contribution in [2.75, 3.05) is 24.2 Å². The van der Waals surface area contributed by atoms with Gasteiger partial charge in [-0.05, 0) is 54.1 Å². The van der Waals surface area contributed by atoms with E-state index >= 15 is 0 Å². The van der Waals surface area contributed by atoms with Gasteiger partial charge in [-0.1, -0.05) is 54.6 Å². The summed E-state index contributed by atoms with van der Waals surface area (Å²) < 4.78 is 16.6. The highest BCUT2D eigenvalue weighted by atomic mass is 16.7. The number of nitrogens with zero attached hydrogens (tertiary/aromatic N) is 2. The van der Waals surface area contributed by atoms with Crippen LogP contribution >= 0.6 is 0 Å². The molecule has 2 fully saturated rings. The van der Waals surface area contributed by atoms with Gasteiger partial charge in [-0.2, -0.15) is 0 Å². The first kappa shape index (κ1) is 26.1. The SMILES string of the molecule is COc1cc([C@@H]2[C@H]3C(=O)N(c4ccccc4OC)C(=O)[C@H]3ON2c2ccccc2)ccc1OC(=O)c1ccccc1.